The highest BCUT2D eigenvalue weighted by Gasteiger charge is 2.47. The summed E-state index contributed by atoms with van der Waals surface area (Å²) in [7, 11) is 0. The lowest BCUT2D eigenvalue weighted by molar-refractivity contribution is -0.127. The van der Waals surface area contributed by atoms with E-state index in [1.54, 1.807) is 0 Å². The van der Waals surface area contributed by atoms with Crippen molar-refractivity contribution in [3.05, 3.63) is 70.7 Å². The molecule has 0 amide bonds. The number of halogens is 2. The van der Waals surface area contributed by atoms with E-state index in [0.717, 1.165) is 31.2 Å². The quantitative estimate of drug-likeness (QED) is 0.643. The third-order valence-electron chi connectivity index (χ3n) is 4.62. The van der Waals surface area contributed by atoms with Crippen LogP contribution in [-0.4, -0.2) is 10.6 Å². The molecule has 1 saturated carbocycles. The van der Waals surface area contributed by atoms with Gasteiger partial charge in [0.1, 0.15) is 0 Å². The maximum absolute atomic E-state index is 13.1. The number of hydrogen-bond donors (Lipinski definition) is 0. The van der Waals surface area contributed by atoms with Crippen LogP contribution < -0.4 is 0 Å². The number of alkyl halides is 1. The first-order chi connectivity index (χ1) is 10.6. The summed E-state index contributed by atoms with van der Waals surface area (Å²) in [6.45, 7) is 0. The van der Waals surface area contributed by atoms with Crippen molar-refractivity contribution < 1.29 is 4.79 Å². The summed E-state index contributed by atoms with van der Waals surface area (Å²) in [6, 6.07) is 17.9. The van der Waals surface area contributed by atoms with Gasteiger partial charge in [-0.1, -0.05) is 76.4 Å². The summed E-state index contributed by atoms with van der Waals surface area (Å²) in [6.07, 6.45) is 3.71. The van der Waals surface area contributed by atoms with Gasteiger partial charge < -0.3 is 0 Å². The van der Waals surface area contributed by atoms with Crippen molar-refractivity contribution in [2.45, 2.75) is 35.9 Å². The number of rotatable bonds is 5. The minimum atomic E-state index is -0.326. The van der Waals surface area contributed by atoms with Crippen molar-refractivity contribution in [3.8, 4) is 0 Å². The lowest BCUT2D eigenvalue weighted by atomic mass is 9.61. The van der Waals surface area contributed by atoms with E-state index in [-0.39, 0.29) is 10.2 Å². The van der Waals surface area contributed by atoms with E-state index < -0.39 is 0 Å². The molecule has 0 aliphatic heterocycles. The lowest BCUT2D eigenvalue weighted by Gasteiger charge is -2.42. The molecule has 1 atom stereocenters. The van der Waals surface area contributed by atoms with Crippen LogP contribution in [0.3, 0.4) is 0 Å². The smallest absolute Gasteiger partial charge is 0.157 e. The number of ketones is 1. The molecule has 0 saturated heterocycles. The van der Waals surface area contributed by atoms with Gasteiger partial charge in [-0.3, -0.25) is 4.79 Å². The molecular formula is C19H18BrClO. The number of hydrogen-bond acceptors (Lipinski definition) is 1. The summed E-state index contributed by atoms with van der Waals surface area (Å²) in [5, 5.41) is 0.713. The molecule has 0 radical (unpaired) electrons. The number of carbonyl (C=O) groups is 1. The second-order valence-electron chi connectivity index (χ2n) is 5.96. The Morgan fingerprint density at radius 3 is 2.27 bits per heavy atom. The maximum atomic E-state index is 13.1. The fourth-order valence-electron chi connectivity index (χ4n) is 3.19. The van der Waals surface area contributed by atoms with Crippen LogP contribution in [-0.2, 0) is 16.6 Å². The van der Waals surface area contributed by atoms with Crippen LogP contribution in [0.5, 0.6) is 0 Å². The molecule has 0 N–H and O–H groups in total. The van der Waals surface area contributed by atoms with Gasteiger partial charge >= 0.3 is 0 Å². The van der Waals surface area contributed by atoms with Crippen LogP contribution in [0, 0.1) is 0 Å². The number of benzene rings is 2. The fourth-order valence-corrected chi connectivity index (χ4v) is 4.13. The summed E-state index contributed by atoms with van der Waals surface area (Å²) in [5.74, 6) is 0.296. The predicted octanol–water partition coefficient (Wildman–Crippen LogP) is 5.34. The fraction of sp³-hybridized carbons (Fsp3) is 0.316. The Labute approximate surface area is 144 Å². The van der Waals surface area contributed by atoms with Gasteiger partial charge in [0.15, 0.2) is 5.78 Å². The van der Waals surface area contributed by atoms with Gasteiger partial charge in [0.25, 0.3) is 0 Å². The number of Topliss-reactive ketones (excluding diaryl/α,β-unsaturated/α-hetero) is 1. The molecular weight excluding hydrogens is 360 g/mol. The van der Waals surface area contributed by atoms with Crippen LogP contribution in [0.15, 0.2) is 54.6 Å². The molecule has 0 spiro atoms. The molecule has 1 fully saturated rings. The molecule has 1 nitrogen and oxygen atoms in total. The molecule has 2 aromatic rings. The Hall–Kier alpha value is -1.12. The average Bonchev–Trinajstić information content (AvgIpc) is 2.49. The average molecular weight is 378 g/mol. The van der Waals surface area contributed by atoms with E-state index in [0.29, 0.717) is 10.8 Å². The SMILES string of the molecule is O=C(C(Br)Cc1ccccc1)C1(c2ccc(Cl)cc2)CCC1. The van der Waals surface area contributed by atoms with Crippen molar-refractivity contribution in [2.75, 3.05) is 0 Å². The van der Waals surface area contributed by atoms with E-state index in [1.165, 1.54) is 5.56 Å². The molecule has 1 unspecified atom stereocenters. The zero-order chi connectivity index (χ0) is 15.6. The van der Waals surface area contributed by atoms with Crippen molar-refractivity contribution >= 4 is 33.3 Å². The molecule has 0 bridgehead atoms. The van der Waals surface area contributed by atoms with Gasteiger partial charge in [-0.2, -0.15) is 0 Å². The Kier molecular flexibility index (Phi) is 4.70. The molecule has 22 heavy (non-hydrogen) atoms. The van der Waals surface area contributed by atoms with Crippen molar-refractivity contribution in [1.29, 1.82) is 0 Å². The Balaban J connectivity index is 1.81. The molecule has 2 aromatic carbocycles. The van der Waals surface area contributed by atoms with Gasteiger partial charge in [0.05, 0.1) is 10.2 Å². The van der Waals surface area contributed by atoms with Gasteiger partial charge in [-0.25, -0.2) is 0 Å². The maximum Gasteiger partial charge on any atom is 0.157 e. The van der Waals surface area contributed by atoms with Gasteiger partial charge in [-0.15, -0.1) is 0 Å². The zero-order valence-corrected chi connectivity index (χ0v) is 14.6. The van der Waals surface area contributed by atoms with Crippen LogP contribution >= 0.6 is 27.5 Å². The minimum absolute atomic E-state index is 0.147. The monoisotopic (exact) mass is 376 g/mol. The topological polar surface area (TPSA) is 17.1 Å². The minimum Gasteiger partial charge on any atom is -0.297 e. The van der Waals surface area contributed by atoms with E-state index in [4.69, 9.17) is 11.6 Å². The lowest BCUT2D eigenvalue weighted by Crippen LogP contribution is -2.46. The van der Waals surface area contributed by atoms with Crippen LogP contribution in [0.1, 0.15) is 30.4 Å². The normalized spacial score (nSPS) is 17.5. The van der Waals surface area contributed by atoms with Gasteiger partial charge in [0.2, 0.25) is 0 Å². The molecule has 3 rings (SSSR count). The first-order valence-corrected chi connectivity index (χ1v) is 8.89. The number of carbonyl (C=O) groups excluding carboxylic acids is 1. The second kappa shape index (κ2) is 6.55. The summed E-state index contributed by atoms with van der Waals surface area (Å²) in [5.41, 5.74) is 1.96. The molecule has 3 heteroatoms. The highest BCUT2D eigenvalue weighted by Crippen LogP contribution is 2.46. The van der Waals surface area contributed by atoms with E-state index in [2.05, 4.69) is 28.1 Å². The predicted molar refractivity (Wildman–Crippen MR) is 94.8 cm³/mol. The summed E-state index contributed by atoms with van der Waals surface area (Å²) < 4.78 is 0. The third kappa shape index (κ3) is 3.00. The van der Waals surface area contributed by atoms with Crippen LogP contribution in [0.25, 0.3) is 0 Å². The molecule has 1 aliphatic carbocycles. The third-order valence-corrected chi connectivity index (χ3v) is 5.61. The summed E-state index contributed by atoms with van der Waals surface area (Å²) >= 11 is 9.60. The summed E-state index contributed by atoms with van der Waals surface area (Å²) in [4.78, 5) is 12.9. The molecule has 0 aromatic heterocycles. The zero-order valence-electron chi connectivity index (χ0n) is 12.3. The standard InChI is InChI=1S/C19H18BrClO/c20-17(13-14-5-2-1-3-6-14)18(22)19(11-4-12-19)15-7-9-16(21)10-8-15/h1-3,5-10,17H,4,11-13H2. The van der Waals surface area contributed by atoms with Crippen molar-refractivity contribution in [3.63, 3.8) is 0 Å². The van der Waals surface area contributed by atoms with Crippen LogP contribution in [0.4, 0.5) is 0 Å². The first-order valence-electron chi connectivity index (χ1n) is 7.60. The van der Waals surface area contributed by atoms with E-state index >= 15 is 0 Å². The Morgan fingerprint density at radius 2 is 1.73 bits per heavy atom. The van der Waals surface area contributed by atoms with E-state index in [1.807, 2.05) is 42.5 Å². The van der Waals surface area contributed by atoms with Gasteiger partial charge in [0, 0.05) is 5.02 Å². The Bertz CT molecular complexity index is 647. The van der Waals surface area contributed by atoms with Crippen LogP contribution in [0.2, 0.25) is 5.02 Å². The van der Waals surface area contributed by atoms with E-state index in [9.17, 15) is 4.79 Å². The van der Waals surface area contributed by atoms with Crippen molar-refractivity contribution in [2.24, 2.45) is 0 Å². The van der Waals surface area contributed by atoms with Crippen molar-refractivity contribution in [1.82, 2.24) is 0 Å². The first kappa shape index (κ1) is 15.8. The second-order valence-corrected chi connectivity index (χ2v) is 7.51. The highest BCUT2D eigenvalue weighted by atomic mass is 79.9. The molecule has 0 heterocycles. The largest absolute Gasteiger partial charge is 0.297 e. The highest BCUT2D eigenvalue weighted by molar-refractivity contribution is 9.10. The molecule has 114 valence electrons. The molecule has 1 aliphatic rings. The van der Waals surface area contributed by atoms with Gasteiger partial charge in [-0.05, 0) is 42.5 Å². The Morgan fingerprint density at radius 1 is 1.09 bits per heavy atom.